The van der Waals surface area contributed by atoms with E-state index >= 15 is 0 Å². The summed E-state index contributed by atoms with van der Waals surface area (Å²) in [6, 6.07) is 0. The van der Waals surface area contributed by atoms with Crippen LogP contribution in [-0.2, 0) is 9.53 Å². The molecule has 1 aliphatic rings. The summed E-state index contributed by atoms with van der Waals surface area (Å²) in [4.78, 5) is 11.7. The first-order chi connectivity index (χ1) is 8.40. The summed E-state index contributed by atoms with van der Waals surface area (Å²) >= 11 is 0. The van der Waals surface area contributed by atoms with E-state index in [-0.39, 0.29) is 0 Å². The van der Waals surface area contributed by atoms with Gasteiger partial charge in [0.05, 0.1) is 7.11 Å². The number of esters is 1. The number of carbonyl (C=O) groups excluding carboxylic acids is 1. The molecule has 1 rings (SSSR count). The van der Waals surface area contributed by atoms with E-state index in [2.05, 4.69) is 4.74 Å². The molecule has 18 heavy (non-hydrogen) atoms. The Morgan fingerprint density at radius 2 is 1.72 bits per heavy atom. The molecule has 1 saturated carbocycles. The second-order valence-electron chi connectivity index (χ2n) is 4.85. The van der Waals surface area contributed by atoms with Crippen LogP contribution in [-0.4, -0.2) is 25.8 Å². The fourth-order valence-corrected chi connectivity index (χ4v) is 2.83. The van der Waals surface area contributed by atoms with Crippen LogP contribution in [0.5, 0.6) is 0 Å². The van der Waals surface area contributed by atoms with Crippen molar-refractivity contribution in [3.8, 4) is 0 Å². The fourth-order valence-electron chi connectivity index (χ4n) is 2.83. The SMILES string of the molecule is COC(=O)C(CN)(C1CCCCCC1)C(F)(F)F. The molecule has 2 N–H and O–H groups in total. The topological polar surface area (TPSA) is 52.3 Å². The molecule has 0 radical (unpaired) electrons. The van der Waals surface area contributed by atoms with Gasteiger partial charge in [0.2, 0.25) is 0 Å². The maximum absolute atomic E-state index is 13.3. The lowest BCUT2D eigenvalue weighted by Crippen LogP contribution is -2.56. The Labute approximate surface area is 105 Å². The molecular formula is C12H20F3NO2. The first-order valence-electron chi connectivity index (χ1n) is 6.25. The highest BCUT2D eigenvalue weighted by molar-refractivity contribution is 5.78. The van der Waals surface area contributed by atoms with E-state index in [0.717, 1.165) is 20.0 Å². The minimum absolute atomic E-state index is 0.381. The van der Waals surface area contributed by atoms with Gasteiger partial charge in [-0.2, -0.15) is 13.2 Å². The molecule has 1 aliphatic carbocycles. The zero-order valence-electron chi connectivity index (χ0n) is 10.6. The van der Waals surface area contributed by atoms with Crippen molar-refractivity contribution in [3.05, 3.63) is 0 Å². The quantitative estimate of drug-likeness (QED) is 0.631. The van der Waals surface area contributed by atoms with Crippen molar-refractivity contribution in [1.82, 2.24) is 0 Å². The molecule has 0 aromatic carbocycles. The van der Waals surface area contributed by atoms with Crippen LogP contribution in [0.25, 0.3) is 0 Å². The molecule has 0 aliphatic heterocycles. The van der Waals surface area contributed by atoms with Crippen LogP contribution >= 0.6 is 0 Å². The van der Waals surface area contributed by atoms with Crippen LogP contribution in [0.1, 0.15) is 38.5 Å². The molecule has 1 atom stereocenters. The third-order valence-electron chi connectivity index (χ3n) is 3.93. The monoisotopic (exact) mass is 267 g/mol. The predicted molar refractivity (Wildman–Crippen MR) is 60.8 cm³/mol. The van der Waals surface area contributed by atoms with Gasteiger partial charge in [-0.15, -0.1) is 0 Å². The van der Waals surface area contributed by atoms with E-state index in [1.807, 2.05) is 0 Å². The molecule has 1 fully saturated rings. The van der Waals surface area contributed by atoms with Crippen molar-refractivity contribution in [2.45, 2.75) is 44.7 Å². The molecule has 0 saturated heterocycles. The first-order valence-corrected chi connectivity index (χ1v) is 6.25. The van der Waals surface area contributed by atoms with Gasteiger partial charge in [0.15, 0.2) is 5.41 Å². The van der Waals surface area contributed by atoms with E-state index in [1.54, 1.807) is 0 Å². The molecule has 0 heterocycles. The van der Waals surface area contributed by atoms with Crippen molar-refractivity contribution >= 4 is 5.97 Å². The number of rotatable bonds is 3. The minimum atomic E-state index is -4.66. The van der Waals surface area contributed by atoms with Crippen LogP contribution < -0.4 is 5.73 Å². The normalized spacial score (nSPS) is 22.1. The minimum Gasteiger partial charge on any atom is -0.468 e. The summed E-state index contributed by atoms with van der Waals surface area (Å²) in [5, 5.41) is 0. The molecular weight excluding hydrogens is 247 g/mol. The molecule has 0 amide bonds. The summed E-state index contributed by atoms with van der Waals surface area (Å²) < 4.78 is 44.4. The zero-order chi connectivity index (χ0) is 13.8. The Hall–Kier alpha value is -0.780. The molecule has 0 aromatic rings. The van der Waals surface area contributed by atoms with Crippen molar-refractivity contribution < 1.29 is 22.7 Å². The van der Waals surface area contributed by atoms with E-state index < -0.39 is 30.0 Å². The van der Waals surface area contributed by atoms with E-state index in [4.69, 9.17) is 5.73 Å². The summed E-state index contributed by atoms with van der Waals surface area (Å²) in [6.07, 6.45) is -0.660. The van der Waals surface area contributed by atoms with Crippen molar-refractivity contribution in [3.63, 3.8) is 0 Å². The third kappa shape index (κ3) is 2.63. The molecule has 0 spiro atoms. The van der Waals surface area contributed by atoms with Gasteiger partial charge in [0.1, 0.15) is 0 Å². The molecule has 6 heteroatoms. The van der Waals surface area contributed by atoms with Crippen LogP contribution in [0.2, 0.25) is 0 Å². The molecule has 1 unspecified atom stereocenters. The van der Waals surface area contributed by atoms with Gasteiger partial charge in [-0.1, -0.05) is 25.7 Å². The van der Waals surface area contributed by atoms with Gasteiger partial charge < -0.3 is 10.5 Å². The third-order valence-corrected chi connectivity index (χ3v) is 3.93. The zero-order valence-corrected chi connectivity index (χ0v) is 10.6. The average Bonchev–Trinajstić information content (AvgIpc) is 2.57. The van der Waals surface area contributed by atoms with E-state index in [9.17, 15) is 18.0 Å². The summed E-state index contributed by atoms with van der Waals surface area (Å²) in [7, 11) is 0.981. The number of hydrogen-bond donors (Lipinski definition) is 1. The Balaban J connectivity index is 3.12. The van der Waals surface area contributed by atoms with E-state index in [0.29, 0.717) is 25.7 Å². The second-order valence-corrected chi connectivity index (χ2v) is 4.85. The summed E-state index contributed by atoms with van der Waals surface area (Å²) in [5.74, 6) is -2.01. The fraction of sp³-hybridized carbons (Fsp3) is 0.917. The second kappa shape index (κ2) is 5.91. The standard InChI is InChI=1S/C12H20F3NO2/c1-18-10(17)11(8-16,12(13,14)15)9-6-4-2-3-5-7-9/h9H,2-8,16H2,1H3. The summed E-state index contributed by atoms with van der Waals surface area (Å²) in [6.45, 7) is -0.742. The lowest BCUT2D eigenvalue weighted by Gasteiger charge is -2.38. The van der Waals surface area contributed by atoms with Gasteiger partial charge in [-0.05, 0) is 18.8 Å². The number of alkyl halides is 3. The van der Waals surface area contributed by atoms with Crippen LogP contribution in [0.3, 0.4) is 0 Å². The van der Waals surface area contributed by atoms with Gasteiger partial charge in [0.25, 0.3) is 0 Å². The van der Waals surface area contributed by atoms with Gasteiger partial charge in [-0.25, -0.2) is 0 Å². The van der Waals surface area contributed by atoms with Crippen LogP contribution in [0.4, 0.5) is 13.2 Å². The molecule has 0 bridgehead atoms. The molecule has 0 aromatic heterocycles. The Morgan fingerprint density at radius 3 is 2.06 bits per heavy atom. The first kappa shape index (κ1) is 15.3. The predicted octanol–water partition coefficient (Wildman–Crippen LogP) is 2.64. The number of nitrogens with two attached hydrogens (primary N) is 1. The van der Waals surface area contributed by atoms with Gasteiger partial charge in [0, 0.05) is 6.54 Å². The maximum atomic E-state index is 13.3. The number of hydrogen-bond acceptors (Lipinski definition) is 3. The Bertz CT molecular complexity index is 286. The number of carbonyl (C=O) groups is 1. The van der Waals surface area contributed by atoms with Gasteiger partial charge >= 0.3 is 12.1 Å². The lowest BCUT2D eigenvalue weighted by molar-refractivity contribution is -0.246. The highest BCUT2D eigenvalue weighted by Gasteiger charge is 2.64. The summed E-state index contributed by atoms with van der Waals surface area (Å²) in [5.41, 5.74) is 2.80. The Morgan fingerprint density at radius 1 is 1.22 bits per heavy atom. The molecule has 106 valence electrons. The highest BCUT2D eigenvalue weighted by Crippen LogP contribution is 2.49. The smallest absolute Gasteiger partial charge is 0.406 e. The number of ether oxygens (including phenoxy) is 1. The van der Waals surface area contributed by atoms with Gasteiger partial charge in [-0.3, -0.25) is 4.79 Å². The number of methoxy groups -OCH3 is 1. The van der Waals surface area contributed by atoms with Crippen molar-refractivity contribution in [2.24, 2.45) is 17.1 Å². The maximum Gasteiger partial charge on any atom is 0.406 e. The average molecular weight is 267 g/mol. The number of halogens is 3. The van der Waals surface area contributed by atoms with Crippen molar-refractivity contribution in [2.75, 3.05) is 13.7 Å². The largest absolute Gasteiger partial charge is 0.468 e. The van der Waals surface area contributed by atoms with Crippen LogP contribution in [0, 0.1) is 11.3 Å². The lowest BCUT2D eigenvalue weighted by atomic mass is 9.71. The Kier molecular flexibility index (Phi) is 5.01. The van der Waals surface area contributed by atoms with E-state index in [1.165, 1.54) is 0 Å². The van der Waals surface area contributed by atoms with Crippen molar-refractivity contribution in [1.29, 1.82) is 0 Å². The molecule has 3 nitrogen and oxygen atoms in total. The van der Waals surface area contributed by atoms with Crippen LogP contribution in [0.15, 0.2) is 0 Å². The highest BCUT2D eigenvalue weighted by atomic mass is 19.4.